The number of fused-ring (bicyclic) bond motifs is 1. The van der Waals surface area contributed by atoms with E-state index in [-0.39, 0.29) is 0 Å². The van der Waals surface area contributed by atoms with Gasteiger partial charge in [0.15, 0.2) is 0 Å². The molecule has 0 radical (unpaired) electrons. The van der Waals surface area contributed by atoms with Gasteiger partial charge in [0.2, 0.25) is 0 Å². The standard InChI is InChI=1S/C10H11FO/c1-12-9-4-2-3-7-5-6-8(11)10(7)9/h2-4,8H,5-6H2,1H3. The number of halogens is 1. The van der Waals surface area contributed by atoms with Gasteiger partial charge in [-0.3, -0.25) is 0 Å². The summed E-state index contributed by atoms with van der Waals surface area (Å²) in [5.41, 5.74) is 1.86. The van der Waals surface area contributed by atoms with Crippen LogP contribution in [0.5, 0.6) is 5.75 Å². The molecule has 0 fully saturated rings. The number of aryl methyl sites for hydroxylation is 1. The average Bonchev–Trinajstić information content (AvgIpc) is 2.48. The number of hydrogen-bond donors (Lipinski definition) is 0. The van der Waals surface area contributed by atoms with E-state index in [0.717, 1.165) is 17.5 Å². The summed E-state index contributed by atoms with van der Waals surface area (Å²) in [6.07, 6.45) is 0.625. The first-order valence-electron chi connectivity index (χ1n) is 4.13. The van der Waals surface area contributed by atoms with Gasteiger partial charge in [-0.1, -0.05) is 12.1 Å². The summed E-state index contributed by atoms with van der Waals surface area (Å²) in [7, 11) is 1.58. The lowest BCUT2D eigenvalue weighted by Crippen LogP contribution is -1.92. The lowest BCUT2D eigenvalue weighted by atomic mass is 10.1. The third-order valence-electron chi connectivity index (χ3n) is 2.36. The van der Waals surface area contributed by atoms with Crippen molar-refractivity contribution in [3.63, 3.8) is 0 Å². The Morgan fingerprint density at radius 3 is 3.08 bits per heavy atom. The van der Waals surface area contributed by atoms with Crippen molar-refractivity contribution < 1.29 is 9.13 Å². The predicted molar refractivity (Wildman–Crippen MR) is 45.2 cm³/mol. The second kappa shape index (κ2) is 2.77. The fraction of sp³-hybridized carbons (Fsp3) is 0.400. The zero-order valence-electron chi connectivity index (χ0n) is 7.01. The van der Waals surface area contributed by atoms with Gasteiger partial charge in [-0.15, -0.1) is 0 Å². The molecule has 1 aliphatic rings. The van der Waals surface area contributed by atoms with Crippen LogP contribution in [0, 0.1) is 0 Å². The number of methoxy groups -OCH3 is 1. The molecule has 12 heavy (non-hydrogen) atoms. The Hall–Kier alpha value is -1.05. The molecule has 0 aliphatic heterocycles. The molecule has 2 rings (SSSR count). The fourth-order valence-corrected chi connectivity index (χ4v) is 1.77. The molecule has 0 aromatic heterocycles. The van der Waals surface area contributed by atoms with Gasteiger partial charge in [0.05, 0.1) is 7.11 Å². The zero-order valence-corrected chi connectivity index (χ0v) is 7.01. The van der Waals surface area contributed by atoms with Crippen LogP contribution < -0.4 is 4.74 Å². The highest BCUT2D eigenvalue weighted by Gasteiger charge is 2.25. The van der Waals surface area contributed by atoms with Crippen LogP contribution in [-0.2, 0) is 6.42 Å². The van der Waals surface area contributed by atoms with Crippen molar-refractivity contribution in [2.75, 3.05) is 7.11 Å². The first-order valence-corrected chi connectivity index (χ1v) is 4.13. The summed E-state index contributed by atoms with van der Waals surface area (Å²) in [4.78, 5) is 0. The van der Waals surface area contributed by atoms with Crippen LogP contribution >= 0.6 is 0 Å². The molecule has 1 nitrogen and oxygen atoms in total. The summed E-state index contributed by atoms with van der Waals surface area (Å²) in [6.45, 7) is 0. The Morgan fingerprint density at radius 1 is 1.50 bits per heavy atom. The highest BCUT2D eigenvalue weighted by Crippen LogP contribution is 2.39. The van der Waals surface area contributed by atoms with Crippen molar-refractivity contribution in [3.8, 4) is 5.75 Å². The third kappa shape index (κ3) is 0.986. The van der Waals surface area contributed by atoms with Gasteiger partial charge in [-0.05, 0) is 24.5 Å². The van der Waals surface area contributed by atoms with Crippen molar-refractivity contribution in [1.82, 2.24) is 0 Å². The molecule has 0 heterocycles. The van der Waals surface area contributed by atoms with E-state index in [1.54, 1.807) is 7.11 Å². The van der Waals surface area contributed by atoms with Crippen LogP contribution in [-0.4, -0.2) is 7.11 Å². The lowest BCUT2D eigenvalue weighted by Gasteiger charge is -2.07. The van der Waals surface area contributed by atoms with Crippen molar-refractivity contribution in [1.29, 1.82) is 0 Å². The number of alkyl halides is 1. The second-order valence-electron chi connectivity index (χ2n) is 3.04. The third-order valence-corrected chi connectivity index (χ3v) is 2.36. The maximum atomic E-state index is 13.3. The minimum absolute atomic E-state index is 0.607. The minimum atomic E-state index is -0.823. The van der Waals surface area contributed by atoms with E-state index in [9.17, 15) is 4.39 Å². The quantitative estimate of drug-likeness (QED) is 0.623. The SMILES string of the molecule is COc1cccc2c1C(F)CC2. The Kier molecular flexibility index (Phi) is 1.75. The molecule has 0 amide bonds. The number of rotatable bonds is 1. The van der Waals surface area contributed by atoms with E-state index in [4.69, 9.17) is 4.74 Å². The Bertz CT molecular complexity index is 296. The molecule has 1 atom stereocenters. The summed E-state index contributed by atoms with van der Waals surface area (Å²) in [6, 6.07) is 5.70. The van der Waals surface area contributed by atoms with Crippen LogP contribution in [0.4, 0.5) is 4.39 Å². The van der Waals surface area contributed by atoms with E-state index in [1.165, 1.54) is 0 Å². The maximum absolute atomic E-state index is 13.3. The van der Waals surface area contributed by atoms with Crippen LogP contribution in [0.1, 0.15) is 23.7 Å². The Labute approximate surface area is 71.2 Å². The topological polar surface area (TPSA) is 9.23 Å². The molecule has 0 saturated carbocycles. The van der Waals surface area contributed by atoms with Crippen molar-refractivity contribution in [3.05, 3.63) is 29.3 Å². The van der Waals surface area contributed by atoms with Gasteiger partial charge in [-0.2, -0.15) is 0 Å². The van der Waals surface area contributed by atoms with Gasteiger partial charge in [0.1, 0.15) is 11.9 Å². The van der Waals surface area contributed by atoms with Gasteiger partial charge >= 0.3 is 0 Å². The Balaban J connectivity index is 2.53. The maximum Gasteiger partial charge on any atom is 0.129 e. The minimum Gasteiger partial charge on any atom is -0.496 e. The van der Waals surface area contributed by atoms with Crippen molar-refractivity contribution >= 4 is 0 Å². The predicted octanol–water partition coefficient (Wildman–Crippen LogP) is 2.65. The monoisotopic (exact) mass is 166 g/mol. The van der Waals surface area contributed by atoms with Gasteiger partial charge < -0.3 is 4.74 Å². The van der Waals surface area contributed by atoms with Crippen molar-refractivity contribution in [2.24, 2.45) is 0 Å². The number of hydrogen-bond acceptors (Lipinski definition) is 1. The molecule has 1 aliphatic carbocycles. The number of benzene rings is 1. The smallest absolute Gasteiger partial charge is 0.129 e. The summed E-state index contributed by atoms with van der Waals surface area (Å²) in [5, 5.41) is 0. The summed E-state index contributed by atoms with van der Waals surface area (Å²) >= 11 is 0. The van der Waals surface area contributed by atoms with Crippen LogP contribution in [0.2, 0.25) is 0 Å². The fourth-order valence-electron chi connectivity index (χ4n) is 1.77. The van der Waals surface area contributed by atoms with Crippen LogP contribution in [0.3, 0.4) is 0 Å². The second-order valence-corrected chi connectivity index (χ2v) is 3.04. The average molecular weight is 166 g/mol. The molecule has 0 spiro atoms. The molecule has 1 aromatic rings. The molecule has 0 saturated heterocycles. The first kappa shape index (κ1) is 7.59. The van der Waals surface area contributed by atoms with E-state index < -0.39 is 6.17 Å². The van der Waals surface area contributed by atoms with E-state index in [2.05, 4.69) is 0 Å². The molecule has 0 N–H and O–H groups in total. The normalized spacial score (nSPS) is 20.7. The largest absolute Gasteiger partial charge is 0.496 e. The molecular weight excluding hydrogens is 155 g/mol. The lowest BCUT2D eigenvalue weighted by molar-refractivity contribution is 0.327. The van der Waals surface area contributed by atoms with Gasteiger partial charge in [0, 0.05) is 5.56 Å². The van der Waals surface area contributed by atoms with Gasteiger partial charge in [0.25, 0.3) is 0 Å². The highest BCUT2D eigenvalue weighted by atomic mass is 19.1. The highest BCUT2D eigenvalue weighted by molar-refractivity contribution is 5.44. The molecule has 0 bridgehead atoms. The number of ether oxygens (including phenoxy) is 1. The molecule has 2 heteroatoms. The van der Waals surface area contributed by atoms with E-state index in [0.29, 0.717) is 12.2 Å². The molecular formula is C10H11FO. The molecule has 64 valence electrons. The van der Waals surface area contributed by atoms with Crippen molar-refractivity contribution in [2.45, 2.75) is 19.0 Å². The van der Waals surface area contributed by atoms with Crippen LogP contribution in [0.25, 0.3) is 0 Å². The Morgan fingerprint density at radius 2 is 2.33 bits per heavy atom. The van der Waals surface area contributed by atoms with E-state index >= 15 is 0 Å². The van der Waals surface area contributed by atoms with Crippen LogP contribution in [0.15, 0.2) is 18.2 Å². The summed E-state index contributed by atoms with van der Waals surface area (Å²) < 4.78 is 18.4. The molecule has 1 unspecified atom stereocenters. The van der Waals surface area contributed by atoms with Gasteiger partial charge in [-0.25, -0.2) is 4.39 Å². The zero-order chi connectivity index (χ0) is 8.55. The first-order chi connectivity index (χ1) is 5.83. The molecule has 1 aromatic carbocycles. The van der Waals surface area contributed by atoms with E-state index in [1.807, 2.05) is 18.2 Å². The summed E-state index contributed by atoms with van der Waals surface area (Å²) in [5.74, 6) is 0.692.